The summed E-state index contributed by atoms with van der Waals surface area (Å²) in [5, 5.41) is 11.0. The minimum absolute atomic E-state index is 0.224. The molecule has 2 N–H and O–H groups in total. The van der Waals surface area contributed by atoms with Crippen LogP contribution in [0.2, 0.25) is 0 Å². The number of aromatic nitrogens is 2. The summed E-state index contributed by atoms with van der Waals surface area (Å²) in [7, 11) is 5.43. The molecule has 0 spiro atoms. The van der Waals surface area contributed by atoms with Gasteiger partial charge in [0.05, 0.1) is 11.3 Å². The van der Waals surface area contributed by atoms with Crippen molar-refractivity contribution in [1.29, 1.82) is 0 Å². The zero-order valence-corrected chi connectivity index (χ0v) is 13.7. The van der Waals surface area contributed by atoms with Gasteiger partial charge in [-0.05, 0) is 27.7 Å². The highest BCUT2D eigenvalue weighted by molar-refractivity contribution is 5.79. The summed E-state index contributed by atoms with van der Waals surface area (Å²) in [4.78, 5) is 4.22. The molecule has 0 aromatic carbocycles. The first-order valence-corrected chi connectivity index (χ1v) is 6.79. The molecule has 0 aliphatic carbocycles. The quantitative estimate of drug-likeness (QED) is 0.627. The smallest absolute Gasteiger partial charge is 0.191 e. The Hall–Kier alpha value is -1.56. The van der Waals surface area contributed by atoms with Gasteiger partial charge in [0.1, 0.15) is 0 Å². The van der Waals surface area contributed by atoms with E-state index in [0.717, 1.165) is 11.7 Å². The van der Waals surface area contributed by atoms with Crippen molar-refractivity contribution in [3.63, 3.8) is 0 Å². The first kappa shape index (κ1) is 16.5. The van der Waals surface area contributed by atoms with Crippen molar-refractivity contribution in [3.8, 4) is 0 Å². The van der Waals surface area contributed by atoms with E-state index >= 15 is 0 Å². The number of hydrogen-bond donors (Lipinski definition) is 2. The minimum Gasteiger partial charge on any atom is -0.377 e. The lowest BCUT2D eigenvalue weighted by molar-refractivity contribution is 0.0268. The molecular formula is C14H27N5O. The summed E-state index contributed by atoms with van der Waals surface area (Å²) in [6.07, 6.45) is 0. The third-order valence-corrected chi connectivity index (χ3v) is 3.55. The second-order valence-electron chi connectivity index (χ2n) is 5.52. The van der Waals surface area contributed by atoms with Crippen molar-refractivity contribution in [2.45, 2.75) is 39.8 Å². The SMILES string of the molecule is CN=C(NCc1c(C)nn(C)c1C)NCC(C)(C)OC. The van der Waals surface area contributed by atoms with Crippen molar-refractivity contribution in [2.24, 2.45) is 12.0 Å². The molecule has 0 atom stereocenters. The van der Waals surface area contributed by atoms with Crippen molar-refractivity contribution >= 4 is 5.96 Å². The second kappa shape index (κ2) is 6.74. The number of ether oxygens (including phenoxy) is 1. The van der Waals surface area contributed by atoms with Crippen LogP contribution in [0, 0.1) is 13.8 Å². The molecule has 6 nitrogen and oxygen atoms in total. The Balaban J connectivity index is 2.58. The molecule has 0 saturated carbocycles. The van der Waals surface area contributed by atoms with Gasteiger partial charge in [0.2, 0.25) is 0 Å². The van der Waals surface area contributed by atoms with Crippen molar-refractivity contribution < 1.29 is 4.74 Å². The Kier molecular flexibility index (Phi) is 5.56. The van der Waals surface area contributed by atoms with E-state index in [1.807, 2.05) is 32.5 Å². The number of aliphatic imine (C=N–C) groups is 1. The molecule has 6 heteroatoms. The lowest BCUT2D eigenvalue weighted by atomic mass is 10.1. The molecule has 0 bridgehead atoms. The van der Waals surface area contributed by atoms with E-state index in [4.69, 9.17) is 4.74 Å². The van der Waals surface area contributed by atoms with E-state index in [-0.39, 0.29) is 5.60 Å². The molecule has 1 heterocycles. The van der Waals surface area contributed by atoms with Crippen LogP contribution in [0.25, 0.3) is 0 Å². The highest BCUT2D eigenvalue weighted by Gasteiger charge is 2.17. The average Bonchev–Trinajstić information content (AvgIpc) is 2.64. The van der Waals surface area contributed by atoms with Crippen LogP contribution >= 0.6 is 0 Å². The largest absolute Gasteiger partial charge is 0.377 e. The van der Waals surface area contributed by atoms with Gasteiger partial charge in [-0.1, -0.05) is 0 Å². The van der Waals surface area contributed by atoms with Crippen molar-refractivity contribution in [1.82, 2.24) is 20.4 Å². The maximum atomic E-state index is 5.38. The van der Waals surface area contributed by atoms with Gasteiger partial charge in [-0.3, -0.25) is 9.67 Å². The molecule has 1 rings (SSSR count). The maximum Gasteiger partial charge on any atom is 0.191 e. The Bertz CT molecular complexity index is 476. The lowest BCUT2D eigenvalue weighted by Gasteiger charge is -2.24. The number of rotatable bonds is 5. The standard InChI is InChI=1S/C14H27N5O/c1-10-12(11(2)19(6)18-10)8-16-13(15-5)17-9-14(3,4)20-7/h8-9H2,1-7H3,(H2,15,16,17). The monoisotopic (exact) mass is 281 g/mol. The van der Waals surface area contributed by atoms with E-state index in [9.17, 15) is 0 Å². The first-order valence-electron chi connectivity index (χ1n) is 6.79. The predicted octanol–water partition coefficient (Wildman–Crippen LogP) is 1.13. The van der Waals surface area contributed by atoms with Crippen LogP contribution in [0.3, 0.4) is 0 Å². The van der Waals surface area contributed by atoms with E-state index in [2.05, 4.69) is 27.6 Å². The summed E-state index contributed by atoms with van der Waals surface area (Å²) in [5.41, 5.74) is 3.20. The fourth-order valence-electron chi connectivity index (χ4n) is 1.83. The van der Waals surface area contributed by atoms with Crippen LogP contribution in [0.5, 0.6) is 0 Å². The van der Waals surface area contributed by atoms with Crippen molar-refractivity contribution in [3.05, 3.63) is 17.0 Å². The van der Waals surface area contributed by atoms with Gasteiger partial charge >= 0.3 is 0 Å². The minimum atomic E-state index is -0.224. The van der Waals surface area contributed by atoms with Crippen molar-refractivity contribution in [2.75, 3.05) is 20.7 Å². The number of guanidine groups is 1. The van der Waals surface area contributed by atoms with E-state index in [1.165, 1.54) is 11.3 Å². The Morgan fingerprint density at radius 3 is 2.45 bits per heavy atom. The summed E-state index contributed by atoms with van der Waals surface area (Å²) >= 11 is 0. The van der Waals surface area contributed by atoms with Gasteiger partial charge in [0.25, 0.3) is 0 Å². The van der Waals surface area contributed by atoms with Crippen LogP contribution in [-0.4, -0.2) is 42.0 Å². The van der Waals surface area contributed by atoms with Gasteiger partial charge in [-0.2, -0.15) is 5.10 Å². The van der Waals surface area contributed by atoms with Gasteiger partial charge in [-0.25, -0.2) is 0 Å². The number of aryl methyl sites for hydroxylation is 2. The summed E-state index contributed by atoms with van der Waals surface area (Å²) in [5.74, 6) is 0.762. The predicted molar refractivity (Wildman–Crippen MR) is 82.0 cm³/mol. The van der Waals surface area contributed by atoms with Crippen LogP contribution in [0.15, 0.2) is 4.99 Å². The number of nitrogens with zero attached hydrogens (tertiary/aromatic N) is 3. The Morgan fingerprint density at radius 1 is 1.35 bits per heavy atom. The number of nitrogens with one attached hydrogen (secondary N) is 2. The number of methoxy groups -OCH3 is 1. The Labute approximate surface area is 121 Å². The van der Waals surface area contributed by atoms with Gasteiger partial charge < -0.3 is 15.4 Å². The first-order chi connectivity index (χ1) is 9.30. The number of hydrogen-bond acceptors (Lipinski definition) is 3. The molecule has 0 aliphatic heterocycles. The van der Waals surface area contributed by atoms with E-state index < -0.39 is 0 Å². The molecular weight excluding hydrogens is 254 g/mol. The summed E-state index contributed by atoms with van der Waals surface area (Å²) < 4.78 is 7.28. The Morgan fingerprint density at radius 2 is 2.00 bits per heavy atom. The zero-order chi connectivity index (χ0) is 15.3. The van der Waals surface area contributed by atoms with Crippen LogP contribution in [0.1, 0.15) is 30.8 Å². The normalized spacial score (nSPS) is 12.7. The summed E-state index contributed by atoms with van der Waals surface area (Å²) in [6.45, 7) is 9.55. The third-order valence-electron chi connectivity index (χ3n) is 3.55. The third kappa shape index (κ3) is 4.23. The lowest BCUT2D eigenvalue weighted by Crippen LogP contribution is -2.45. The van der Waals surface area contributed by atoms with Gasteiger partial charge in [-0.15, -0.1) is 0 Å². The van der Waals surface area contributed by atoms with Gasteiger partial charge in [0, 0.05) is 45.6 Å². The molecule has 0 saturated heterocycles. The molecule has 1 aromatic heterocycles. The molecule has 20 heavy (non-hydrogen) atoms. The fraction of sp³-hybridized carbons (Fsp3) is 0.714. The van der Waals surface area contributed by atoms with Crippen LogP contribution in [-0.2, 0) is 18.3 Å². The fourth-order valence-corrected chi connectivity index (χ4v) is 1.83. The maximum absolute atomic E-state index is 5.38. The molecule has 114 valence electrons. The van der Waals surface area contributed by atoms with E-state index in [0.29, 0.717) is 13.1 Å². The molecule has 0 radical (unpaired) electrons. The highest BCUT2D eigenvalue weighted by Crippen LogP contribution is 2.11. The molecule has 0 aliphatic rings. The van der Waals surface area contributed by atoms with E-state index in [1.54, 1.807) is 14.2 Å². The molecule has 0 unspecified atom stereocenters. The zero-order valence-electron chi connectivity index (χ0n) is 13.7. The topological polar surface area (TPSA) is 63.5 Å². The molecule has 0 fully saturated rings. The molecule has 1 aromatic rings. The van der Waals surface area contributed by atoms with Gasteiger partial charge in [0.15, 0.2) is 5.96 Å². The van der Waals surface area contributed by atoms with Crippen LogP contribution < -0.4 is 10.6 Å². The summed E-state index contributed by atoms with van der Waals surface area (Å²) in [6, 6.07) is 0. The highest BCUT2D eigenvalue weighted by atomic mass is 16.5. The average molecular weight is 281 g/mol. The van der Waals surface area contributed by atoms with Crippen LogP contribution in [0.4, 0.5) is 0 Å². The molecule has 0 amide bonds. The second-order valence-corrected chi connectivity index (χ2v) is 5.52.